The molecular weight excluding hydrogens is 250 g/mol. The number of nitro groups is 1. The van der Waals surface area contributed by atoms with Crippen molar-refractivity contribution in [2.75, 3.05) is 5.32 Å². The number of nitrogens with one attached hydrogen (secondary N) is 1. The van der Waals surface area contributed by atoms with E-state index in [9.17, 15) is 10.1 Å². The van der Waals surface area contributed by atoms with E-state index < -0.39 is 0 Å². The molecule has 0 bridgehead atoms. The van der Waals surface area contributed by atoms with E-state index in [2.05, 4.69) is 10.3 Å². The molecule has 2 aromatic rings. The van der Waals surface area contributed by atoms with Crippen LogP contribution < -0.4 is 5.32 Å². The Morgan fingerprint density at radius 2 is 2.17 bits per heavy atom. The van der Waals surface area contributed by atoms with Crippen LogP contribution in [0.4, 0.5) is 11.4 Å². The van der Waals surface area contributed by atoms with Crippen molar-refractivity contribution in [1.82, 2.24) is 4.98 Å². The molecule has 1 N–H and O–H groups in total. The Balaban J connectivity index is 2.21. The first-order chi connectivity index (χ1) is 8.58. The number of hydrogen-bond donors (Lipinski definition) is 1. The number of hydrogen-bond acceptors (Lipinski definition) is 5. The van der Waals surface area contributed by atoms with Crippen molar-refractivity contribution in [2.24, 2.45) is 0 Å². The smallest absolute Gasteiger partial charge is 0.292 e. The molecule has 94 valence electrons. The van der Waals surface area contributed by atoms with Crippen LogP contribution in [0.2, 0.25) is 0 Å². The molecule has 1 aromatic heterocycles. The summed E-state index contributed by atoms with van der Waals surface area (Å²) in [4.78, 5) is 14.9. The van der Waals surface area contributed by atoms with Gasteiger partial charge in [-0.3, -0.25) is 10.1 Å². The van der Waals surface area contributed by atoms with Gasteiger partial charge in [-0.25, -0.2) is 4.98 Å². The fraction of sp³-hybridized carbons (Fsp3) is 0.250. The van der Waals surface area contributed by atoms with Crippen molar-refractivity contribution in [3.05, 3.63) is 50.5 Å². The molecule has 0 spiro atoms. The minimum Gasteiger partial charge on any atom is -0.371 e. The maximum absolute atomic E-state index is 10.9. The third-order valence-electron chi connectivity index (χ3n) is 2.48. The Labute approximate surface area is 109 Å². The molecule has 1 heterocycles. The van der Waals surface area contributed by atoms with Crippen molar-refractivity contribution in [2.45, 2.75) is 19.9 Å². The summed E-state index contributed by atoms with van der Waals surface area (Å²) in [6.07, 6.45) is 0. The van der Waals surface area contributed by atoms with E-state index in [1.54, 1.807) is 29.5 Å². The normalized spacial score (nSPS) is 12.1. The molecule has 0 aliphatic heterocycles. The van der Waals surface area contributed by atoms with Gasteiger partial charge in [0.15, 0.2) is 0 Å². The van der Waals surface area contributed by atoms with E-state index in [-0.39, 0.29) is 16.7 Å². The van der Waals surface area contributed by atoms with Gasteiger partial charge in [0.1, 0.15) is 10.7 Å². The van der Waals surface area contributed by atoms with Gasteiger partial charge < -0.3 is 5.32 Å². The second-order valence-corrected chi connectivity index (χ2v) is 4.86. The van der Waals surface area contributed by atoms with Crippen LogP contribution in [0.1, 0.15) is 23.7 Å². The van der Waals surface area contributed by atoms with E-state index >= 15 is 0 Å². The molecular formula is C12H13N3O2S. The molecule has 0 saturated carbocycles. The third-order valence-corrected chi connectivity index (χ3v) is 3.63. The highest BCUT2D eigenvalue weighted by Gasteiger charge is 2.16. The Bertz CT molecular complexity index is 568. The molecule has 5 nitrogen and oxygen atoms in total. The summed E-state index contributed by atoms with van der Waals surface area (Å²) in [6.45, 7) is 3.87. The highest BCUT2D eigenvalue weighted by atomic mass is 32.1. The van der Waals surface area contributed by atoms with Gasteiger partial charge in [-0.15, -0.1) is 11.3 Å². The largest absolute Gasteiger partial charge is 0.371 e. The number of nitrogens with zero attached hydrogens (tertiary/aromatic N) is 2. The molecule has 0 aliphatic rings. The molecule has 1 atom stereocenters. The number of rotatable bonds is 4. The second kappa shape index (κ2) is 5.14. The Hall–Kier alpha value is -1.95. The van der Waals surface area contributed by atoms with Crippen LogP contribution in [-0.2, 0) is 0 Å². The maximum Gasteiger partial charge on any atom is 0.292 e. The lowest BCUT2D eigenvalue weighted by Gasteiger charge is -2.12. The fourth-order valence-electron chi connectivity index (χ4n) is 1.62. The first kappa shape index (κ1) is 12.5. The van der Waals surface area contributed by atoms with Gasteiger partial charge in [0, 0.05) is 17.1 Å². The molecule has 0 fully saturated rings. The molecule has 1 aromatic carbocycles. The minimum absolute atomic E-state index is 0.0511. The molecule has 2 rings (SSSR count). The number of anilines is 1. The third kappa shape index (κ3) is 2.65. The zero-order valence-electron chi connectivity index (χ0n) is 10.1. The minimum atomic E-state index is -0.387. The van der Waals surface area contributed by atoms with Gasteiger partial charge in [-0.05, 0) is 19.9 Å². The Kier molecular flexibility index (Phi) is 3.57. The van der Waals surface area contributed by atoms with E-state index in [1.807, 2.05) is 19.2 Å². The Morgan fingerprint density at radius 1 is 1.44 bits per heavy atom. The quantitative estimate of drug-likeness (QED) is 0.676. The summed E-state index contributed by atoms with van der Waals surface area (Å²) in [7, 11) is 0. The van der Waals surface area contributed by atoms with Crippen molar-refractivity contribution in [3.63, 3.8) is 0 Å². The SMILES string of the molecule is Cc1csc(C(C)Nc2ccccc2[N+](=O)[O-])n1. The van der Waals surface area contributed by atoms with Crippen LogP contribution in [0.5, 0.6) is 0 Å². The van der Waals surface area contributed by atoms with Crippen molar-refractivity contribution in [1.29, 1.82) is 0 Å². The molecule has 18 heavy (non-hydrogen) atoms. The van der Waals surface area contributed by atoms with Gasteiger partial charge in [0.05, 0.1) is 11.0 Å². The summed E-state index contributed by atoms with van der Waals surface area (Å²) < 4.78 is 0. The average molecular weight is 263 g/mol. The van der Waals surface area contributed by atoms with Gasteiger partial charge in [-0.2, -0.15) is 0 Å². The summed E-state index contributed by atoms with van der Waals surface area (Å²) >= 11 is 1.55. The van der Waals surface area contributed by atoms with E-state index in [0.29, 0.717) is 5.69 Å². The maximum atomic E-state index is 10.9. The van der Waals surface area contributed by atoms with Crippen LogP contribution in [-0.4, -0.2) is 9.91 Å². The monoisotopic (exact) mass is 263 g/mol. The summed E-state index contributed by atoms with van der Waals surface area (Å²) in [5.41, 5.74) is 1.56. The lowest BCUT2D eigenvalue weighted by Crippen LogP contribution is -2.08. The topological polar surface area (TPSA) is 68.1 Å². The van der Waals surface area contributed by atoms with Gasteiger partial charge >= 0.3 is 0 Å². The lowest BCUT2D eigenvalue weighted by molar-refractivity contribution is -0.384. The van der Waals surface area contributed by atoms with Crippen molar-refractivity contribution in [3.8, 4) is 0 Å². The lowest BCUT2D eigenvalue weighted by atomic mass is 10.2. The van der Waals surface area contributed by atoms with E-state index in [1.165, 1.54) is 6.07 Å². The van der Waals surface area contributed by atoms with E-state index in [4.69, 9.17) is 0 Å². The van der Waals surface area contributed by atoms with Crippen LogP contribution >= 0.6 is 11.3 Å². The average Bonchev–Trinajstić information content (AvgIpc) is 2.76. The molecule has 0 aliphatic carbocycles. The predicted molar refractivity (Wildman–Crippen MR) is 72.0 cm³/mol. The molecule has 6 heteroatoms. The highest BCUT2D eigenvalue weighted by Crippen LogP contribution is 2.28. The van der Waals surface area contributed by atoms with Crippen LogP contribution in [0.25, 0.3) is 0 Å². The Morgan fingerprint density at radius 3 is 2.78 bits per heavy atom. The molecule has 0 radical (unpaired) electrons. The zero-order valence-corrected chi connectivity index (χ0v) is 10.9. The molecule has 0 amide bonds. The first-order valence-corrected chi connectivity index (χ1v) is 6.38. The number of nitro benzene ring substituents is 1. The van der Waals surface area contributed by atoms with Gasteiger partial charge in [0.2, 0.25) is 0 Å². The summed E-state index contributed by atoms with van der Waals surface area (Å²) in [5, 5.41) is 16.9. The first-order valence-electron chi connectivity index (χ1n) is 5.50. The summed E-state index contributed by atoms with van der Waals surface area (Å²) in [5.74, 6) is 0. The fourth-order valence-corrected chi connectivity index (χ4v) is 2.42. The van der Waals surface area contributed by atoms with Crippen LogP contribution in [0.3, 0.4) is 0 Å². The molecule has 0 saturated heterocycles. The predicted octanol–water partition coefficient (Wildman–Crippen LogP) is 3.53. The number of aromatic nitrogens is 1. The zero-order chi connectivity index (χ0) is 13.1. The molecule has 1 unspecified atom stereocenters. The number of thiazole rings is 1. The van der Waals surface area contributed by atoms with Crippen molar-refractivity contribution < 1.29 is 4.92 Å². The summed E-state index contributed by atoms with van der Waals surface area (Å²) in [6, 6.07) is 6.57. The van der Waals surface area contributed by atoms with Crippen LogP contribution in [0.15, 0.2) is 29.6 Å². The number of aryl methyl sites for hydroxylation is 1. The van der Waals surface area contributed by atoms with Crippen LogP contribution in [0, 0.1) is 17.0 Å². The van der Waals surface area contributed by atoms with E-state index in [0.717, 1.165) is 10.7 Å². The standard InChI is InChI=1S/C12H13N3O2S/c1-8-7-18-12(13-8)9(2)14-10-5-3-4-6-11(10)15(16)17/h3-7,9,14H,1-2H3. The van der Waals surface area contributed by atoms with Crippen molar-refractivity contribution >= 4 is 22.7 Å². The number of para-hydroxylation sites is 2. The van der Waals surface area contributed by atoms with Gasteiger partial charge in [-0.1, -0.05) is 12.1 Å². The van der Waals surface area contributed by atoms with Gasteiger partial charge in [0.25, 0.3) is 5.69 Å². The number of benzene rings is 1. The second-order valence-electron chi connectivity index (χ2n) is 3.97. The highest BCUT2D eigenvalue weighted by molar-refractivity contribution is 7.09.